The van der Waals surface area contributed by atoms with Crippen molar-refractivity contribution >= 4 is 11.6 Å². The lowest BCUT2D eigenvalue weighted by molar-refractivity contribution is 0.0679. The Morgan fingerprint density at radius 2 is 2.06 bits per heavy atom. The Bertz CT molecular complexity index is 389. The van der Waals surface area contributed by atoms with E-state index in [0.717, 1.165) is 25.9 Å². The molecule has 0 radical (unpaired) electrons. The number of hydrogen-bond acceptors (Lipinski definition) is 3. The zero-order chi connectivity index (χ0) is 11.5. The Morgan fingerprint density at radius 1 is 1.38 bits per heavy atom. The van der Waals surface area contributed by atoms with Crippen LogP contribution in [0.2, 0.25) is 0 Å². The minimum Gasteiger partial charge on any atom is -0.356 e. The van der Waals surface area contributed by atoms with E-state index in [1.165, 1.54) is 18.3 Å². The first-order valence-electron chi connectivity index (χ1n) is 5.22. The third kappa shape index (κ3) is 2.03. The lowest BCUT2D eigenvalue weighted by atomic mass is 10.1. The highest BCUT2D eigenvalue weighted by atomic mass is 19.3. The molecule has 0 atom stereocenters. The molecule has 1 saturated heterocycles. The number of rotatable bonds is 3. The molecule has 0 aromatic carbocycles. The number of anilines is 1. The van der Waals surface area contributed by atoms with E-state index in [4.69, 9.17) is 0 Å². The van der Waals surface area contributed by atoms with Crippen LogP contribution >= 0.6 is 0 Å². The number of halogens is 2. The molecule has 86 valence electrons. The van der Waals surface area contributed by atoms with Gasteiger partial charge in [-0.2, -0.15) is 0 Å². The Balaban J connectivity index is 2.33. The molecule has 2 heterocycles. The first kappa shape index (κ1) is 11.0. The molecule has 0 saturated carbocycles. The molecule has 0 bridgehead atoms. The van der Waals surface area contributed by atoms with Crippen LogP contribution in [-0.2, 0) is 0 Å². The van der Waals surface area contributed by atoms with Crippen molar-refractivity contribution in [2.24, 2.45) is 0 Å². The molecule has 2 rings (SSSR count). The van der Waals surface area contributed by atoms with Crippen LogP contribution in [0.3, 0.4) is 0 Å². The van der Waals surface area contributed by atoms with Gasteiger partial charge in [-0.05, 0) is 25.0 Å². The Kier molecular flexibility index (Phi) is 3.12. The minimum absolute atomic E-state index is 0.0272. The third-order valence-electron chi connectivity index (χ3n) is 2.66. The summed E-state index contributed by atoms with van der Waals surface area (Å²) in [7, 11) is 0. The molecule has 1 aromatic heterocycles. The molecule has 0 amide bonds. The summed E-state index contributed by atoms with van der Waals surface area (Å²) in [6, 6.07) is 2.92. The molecular weight excluding hydrogens is 214 g/mol. The number of carbonyl (C=O) groups is 1. The average Bonchev–Trinajstić information content (AvgIpc) is 2.81. The lowest BCUT2D eigenvalue weighted by Crippen LogP contribution is -2.23. The van der Waals surface area contributed by atoms with Gasteiger partial charge in [-0.3, -0.25) is 4.79 Å². The number of alkyl halides is 2. The monoisotopic (exact) mass is 226 g/mol. The first-order chi connectivity index (χ1) is 7.70. The van der Waals surface area contributed by atoms with Crippen molar-refractivity contribution in [1.29, 1.82) is 0 Å². The molecule has 16 heavy (non-hydrogen) atoms. The summed E-state index contributed by atoms with van der Waals surface area (Å²) in [5.41, 5.74) is 0.0272. The summed E-state index contributed by atoms with van der Waals surface area (Å²) in [6.45, 7) is 1.56. The van der Waals surface area contributed by atoms with Crippen molar-refractivity contribution < 1.29 is 13.6 Å². The zero-order valence-electron chi connectivity index (χ0n) is 8.70. The number of ketones is 1. The van der Waals surface area contributed by atoms with E-state index in [1.54, 1.807) is 0 Å². The van der Waals surface area contributed by atoms with Crippen molar-refractivity contribution in [2.75, 3.05) is 18.0 Å². The predicted octanol–water partition coefficient (Wildman–Crippen LogP) is 2.13. The van der Waals surface area contributed by atoms with Crippen molar-refractivity contribution in [2.45, 2.75) is 19.3 Å². The average molecular weight is 226 g/mol. The van der Waals surface area contributed by atoms with E-state index in [-0.39, 0.29) is 5.56 Å². The zero-order valence-corrected chi connectivity index (χ0v) is 8.70. The molecular formula is C11H12F2N2O. The SMILES string of the molecule is O=C(c1cccnc1N1CCCC1)C(F)F. The van der Waals surface area contributed by atoms with Crippen LogP contribution in [0.15, 0.2) is 18.3 Å². The van der Waals surface area contributed by atoms with Crippen LogP contribution in [0.1, 0.15) is 23.2 Å². The van der Waals surface area contributed by atoms with Crippen LogP contribution in [0.5, 0.6) is 0 Å². The number of aromatic nitrogens is 1. The van der Waals surface area contributed by atoms with Crippen molar-refractivity contribution in [3.63, 3.8) is 0 Å². The van der Waals surface area contributed by atoms with Gasteiger partial charge < -0.3 is 4.90 Å². The maximum Gasteiger partial charge on any atom is 0.300 e. The Labute approximate surface area is 92.1 Å². The summed E-state index contributed by atoms with van der Waals surface area (Å²) in [5, 5.41) is 0. The number of nitrogens with zero attached hydrogens (tertiary/aromatic N) is 2. The molecule has 1 aromatic rings. The summed E-state index contributed by atoms with van der Waals surface area (Å²) >= 11 is 0. The predicted molar refractivity (Wildman–Crippen MR) is 56.0 cm³/mol. The maximum absolute atomic E-state index is 12.4. The van der Waals surface area contributed by atoms with Gasteiger partial charge in [0.25, 0.3) is 0 Å². The fraction of sp³-hybridized carbons (Fsp3) is 0.455. The standard InChI is InChI=1S/C11H12F2N2O/c12-10(13)9(16)8-4-3-5-14-11(8)15-6-1-2-7-15/h3-5,10H,1-2,6-7H2. The van der Waals surface area contributed by atoms with Gasteiger partial charge in [0, 0.05) is 19.3 Å². The van der Waals surface area contributed by atoms with Crippen LogP contribution in [0.25, 0.3) is 0 Å². The second-order valence-electron chi connectivity index (χ2n) is 3.73. The first-order valence-corrected chi connectivity index (χ1v) is 5.22. The highest BCUT2D eigenvalue weighted by molar-refractivity contribution is 6.02. The van der Waals surface area contributed by atoms with E-state index in [0.29, 0.717) is 5.82 Å². The van der Waals surface area contributed by atoms with Gasteiger partial charge >= 0.3 is 6.43 Å². The normalized spacial score (nSPS) is 15.8. The third-order valence-corrected chi connectivity index (χ3v) is 2.66. The molecule has 1 aliphatic heterocycles. The van der Waals surface area contributed by atoms with Crippen molar-refractivity contribution in [3.8, 4) is 0 Å². The van der Waals surface area contributed by atoms with Crippen LogP contribution < -0.4 is 4.90 Å². The molecule has 0 spiro atoms. The lowest BCUT2D eigenvalue weighted by Gasteiger charge is -2.18. The summed E-state index contributed by atoms with van der Waals surface area (Å²) in [4.78, 5) is 17.2. The van der Waals surface area contributed by atoms with Gasteiger partial charge in [-0.25, -0.2) is 13.8 Å². The molecule has 3 nitrogen and oxygen atoms in total. The smallest absolute Gasteiger partial charge is 0.300 e. The summed E-state index contributed by atoms with van der Waals surface area (Å²) in [5.74, 6) is -0.750. The molecule has 0 N–H and O–H groups in total. The van der Waals surface area contributed by atoms with Gasteiger partial charge in [0.2, 0.25) is 5.78 Å². The molecule has 1 aliphatic rings. The number of pyridine rings is 1. The van der Waals surface area contributed by atoms with E-state index >= 15 is 0 Å². The molecule has 5 heteroatoms. The van der Waals surface area contributed by atoms with Gasteiger partial charge in [-0.1, -0.05) is 0 Å². The van der Waals surface area contributed by atoms with Gasteiger partial charge in [-0.15, -0.1) is 0 Å². The van der Waals surface area contributed by atoms with Crippen molar-refractivity contribution in [1.82, 2.24) is 4.98 Å². The fourth-order valence-electron chi connectivity index (χ4n) is 1.89. The Hall–Kier alpha value is -1.52. The molecule has 0 unspecified atom stereocenters. The van der Waals surface area contributed by atoms with E-state index in [2.05, 4.69) is 4.98 Å². The van der Waals surface area contributed by atoms with Crippen LogP contribution in [0, 0.1) is 0 Å². The molecule has 1 fully saturated rings. The highest BCUT2D eigenvalue weighted by Crippen LogP contribution is 2.23. The largest absolute Gasteiger partial charge is 0.356 e. The number of Topliss-reactive ketones (excluding diaryl/α,β-unsaturated/α-hetero) is 1. The maximum atomic E-state index is 12.4. The Morgan fingerprint density at radius 3 is 2.69 bits per heavy atom. The number of carbonyl (C=O) groups excluding carboxylic acids is 1. The quantitative estimate of drug-likeness (QED) is 0.740. The van der Waals surface area contributed by atoms with E-state index in [9.17, 15) is 13.6 Å². The van der Waals surface area contributed by atoms with Crippen molar-refractivity contribution in [3.05, 3.63) is 23.9 Å². The van der Waals surface area contributed by atoms with Gasteiger partial charge in [0.1, 0.15) is 5.82 Å². The second kappa shape index (κ2) is 4.55. The minimum atomic E-state index is -2.97. The fourth-order valence-corrected chi connectivity index (χ4v) is 1.89. The number of hydrogen-bond donors (Lipinski definition) is 0. The second-order valence-corrected chi connectivity index (χ2v) is 3.73. The van der Waals surface area contributed by atoms with Crippen LogP contribution in [-0.4, -0.2) is 30.3 Å². The van der Waals surface area contributed by atoms with E-state index < -0.39 is 12.2 Å². The summed E-state index contributed by atoms with van der Waals surface area (Å²) < 4.78 is 24.8. The summed E-state index contributed by atoms with van der Waals surface area (Å²) in [6.07, 6.45) is 0.582. The van der Waals surface area contributed by atoms with Crippen LogP contribution in [0.4, 0.5) is 14.6 Å². The highest BCUT2D eigenvalue weighted by Gasteiger charge is 2.25. The topological polar surface area (TPSA) is 33.2 Å². The van der Waals surface area contributed by atoms with E-state index in [1.807, 2.05) is 4.90 Å². The molecule has 0 aliphatic carbocycles. The van der Waals surface area contributed by atoms with Gasteiger partial charge in [0.05, 0.1) is 5.56 Å². The van der Waals surface area contributed by atoms with Gasteiger partial charge in [0.15, 0.2) is 0 Å².